The molecule has 1 aliphatic rings. The molecule has 0 saturated carbocycles. The molecule has 130 valence electrons. The highest BCUT2D eigenvalue weighted by Crippen LogP contribution is 2.48. The van der Waals surface area contributed by atoms with Gasteiger partial charge in [0.1, 0.15) is 0 Å². The molecular weight excluding hydrogens is 336 g/mol. The lowest BCUT2D eigenvalue weighted by Gasteiger charge is -2.40. The SMILES string of the molecule is CCC(C)(CN(C)C)CN1c2ccccc2Sc2ccccc21.Cl. The molecule has 2 aromatic rings. The second kappa shape index (κ2) is 7.81. The molecule has 0 fully saturated rings. The van der Waals surface area contributed by atoms with Crippen LogP contribution in [0.5, 0.6) is 0 Å². The third kappa shape index (κ3) is 3.90. The Labute approximate surface area is 156 Å². The summed E-state index contributed by atoms with van der Waals surface area (Å²) in [7, 11) is 4.34. The van der Waals surface area contributed by atoms with Crippen molar-refractivity contribution >= 4 is 35.5 Å². The van der Waals surface area contributed by atoms with E-state index in [0.717, 1.165) is 13.1 Å². The number of para-hydroxylation sites is 2. The van der Waals surface area contributed by atoms with Gasteiger partial charge in [0, 0.05) is 22.9 Å². The van der Waals surface area contributed by atoms with Crippen LogP contribution in [0.25, 0.3) is 0 Å². The van der Waals surface area contributed by atoms with Gasteiger partial charge in [-0.15, -0.1) is 12.4 Å². The fourth-order valence-corrected chi connectivity index (χ4v) is 4.47. The fourth-order valence-electron chi connectivity index (χ4n) is 3.37. The Morgan fingerprint density at radius 2 is 1.46 bits per heavy atom. The Bertz CT molecular complexity index is 643. The van der Waals surface area contributed by atoms with Crippen molar-refractivity contribution in [3.63, 3.8) is 0 Å². The molecule has 24 heavy (non-hydrogen) atoms. The van der Waals surface area contributed by atoms with E-state index in [1.807, 2.05) is 11.8 Å². The zero-order valence-electron chi connectivity index (χ0n) is 15.0. The van der Waals surface area contributed by atoms with Crippen molar-refractivity contribution in [3.05, 3.63) is 48.5 Å². The Hall–Kier alpha value is -1.16. The normalized spacial score (nSPS) is 15.3. The molecule has 1 heterocycles. The highest BCUT2D eigenvalue weighted by Gasteiger charge is 2.31. The minimum absolute atomic E-state index is 0. The summed E-state index contributed by atoms with van der Waals surface area (Å²) in [4.78, 5) is 7.54. The minimum Gasteiger partial charge on any atom is -0.339 e. The van der Waals surface area contributed by atoms with Gasteiger partial charge in [-0.3, -0.25) is 0 Å². The molecule has 2 nitrogen and oxygen atoms in total. The first-order valence-electron chi connectivity index (χ1n) is 8.30. The molecule has 0 saturated heterocycles. The highest BCUT2D eigenvalue weighted by atomic mass is 35.5. The van der Waals surface area contributed by atoms with E-state index in [0.29, 0.717) is 0 Å². The van der Waals surface area contributed by atoms with Crippen molar-refractivity contribution in [2.45, 2.75) is 30.1 Å². The quantitative estimate of drug-likeness (QED) is 0.674. The third-order valence-corrected chi connectivity index (χ3v) is 5.75. The van der Waals surface area contributed by atoms with Crippen LogP contribution in [0.4, 0.5) is 11.4 Å². The summed E-state index contributed by atoms with van der Waals surface area (Å²) in [5.41, 5.74) is 2.94. The molecule has 1 unspecified atom stereocenters. The molecule has 2 aromatic carbocycles. The highest BCUT2D eigenvalue weighted by molar-refractivity contribution is 7.99. The lowest BCUT2D eigenvalue weighted by Crippen LogP contribution is -2.40. The van der Waals surface area contributed by atoms with Gasteiger partial charge in [-0.25, -0.2) is 0 Å². The lowest BCUT2D eigenvalue weighted by molar-refractivity contribution is 0.218. The van der Waals surface area contributed by atoms with E-state index in [1.54, 1.807) is 0 Å². The summed E-state index contributed by atoms with van der Waals surface area (Å²) < 4.78 is 0. The number of rotatable bonds is 5. The first kappa shape index (κ1) is 19.2. The van der Waals surface area contributed by atoms with Gasteiger partial charge in [0.25, 0.3) is 0 Å². The van der Waals surface area contributed by atoms with Crippen LogP contribution in [-0.4, -0.2) is 32.1 Å². The predicted octanol–water partition coefficient (Wildman–Crippen LogP) is 5.69. The summed E-state index contributed by atoms with van der Waals surface area (Å²) in [5, 5.41) is 0. The minimum atomic E-state index is 0. The van der Waals surface area contributed by atoms with Gasteiger partial charge in [-0.1, -0.05) is 49.9 Å². The molecule has 3 rings (SSSR count). The Morgan fingerprint density at radius 1 is 0.958 bits per heavy atom. The van der Waals surface area contributed by atoms with E-state index in [4.69, 9.17) is 0 Å². The van der Waals surface area contributed by atoms with Crippen LogP contribution in [0.3, 0.4) is 0 Å². The number of nitrogens with zero attached hydrogens (tertiary/aromatic N) is 2. The maximum Gasteiger partial charge on any atom is 0.0553 e. The van der Waals surface area contributed by atoms with Crippen LogP contribution < -0.4 is 4.90 Å². The number of hydrogen-bond acceptors (Lipinski definition) is 3. The van der Waals surface area contributed by atoms with Crippen molar-refractivity contribution in [2.24, 2.45) is 5.41 Å². The topological polar surface area (TPSA) is 6.48 Å². The van der Waals surface area contributed by atoms with Gasteiger partial charge in [0.15, 0.2) is 0 Å². The van der Waals surface area contributed by atoms with Crippen LogP contribution in [-0.2, 0) is 0 Å². The Kier molecular flexibility index (Phi) is 6.24. The summed E-state index contributed by atoms with van der Waals surface area (Å²) >= 11 is 1.88. The fraction of sp³-hybridized carbons (Fsp3) is 0.400. The van der Waals surface area contributed by atoms with Crippen molar-refractivity contribution in [3.8, 4) is 0 Å². The molecule has 0 N–H and O–H groups in total. The molecule has 4 heteroatoms. The van der Waals surface area contributed by atoms with Crippen molar-refractivity contribution in [1.29, 1.82) is 0 Å². The third-order valence-electron chi connectivity index (χ3n) is 4.62. The van der Waals surface area contributed by atoms with E-state index in [-0.39, 0.29) is 17.8 Å². The van der Waals surface area contributed by atoms with E-state index in [2.05, 4.69) is 86.3 Å². The lowest BCUT2D eigenvalue weighted by atomic mass is 9.86. The molecule has 0 amide bonds. The average molecular weight is 363 g/mol. The predicted molar refractivity (Wildman–Crippen MR) is 108 cm³/mol. The zero-order valence-corrected chi connectivity index (χ0v) is 16.6. The van der Waals surface area contributed by atoms with Gasteiger partial charge in [-0.2, -0.15) is 0 Å². The number of halogens is 1. The number of fused-ring (bicyclic) bond motifs is 2. The zero-order chi connectivity index (χ0) is 16.4. The number of benzene rings is 2. The molecule has 1 atom stereocenters. The molecule has 0 aromatic heterocycles. The van der Waals surface area contributed by atoms with Crippen molar-refractivity contribution < 1.29 is 0 Å². The molecule has 1 aliphatic heterocycles. The first-order chi connectivity index (χ1) is 11.0. The molecule has 0 radical (unpaired) electrons. The van der Waals surface area contributed by atoms with Crippen LogP contribution in [0.2, 0.25) is 0 Å². The smallest absolute Gasteiger partial charge is 0.0553 e. The Morgan fingerprint density at radius 3 is 1.92 bits per heavy atom. The largest absolute Gasteiger partial charge is 0.339 e. The van der Waals surface area contributed by atoms with E-state index < -0.39 is 0 Å². The summed E-state index contributed by atoms with van der Waals surface area (Å²) in [5.74, 6) is 0. The molecule has 0 spiro atoms. The van der Waals surface area contributed by atoms with Gasteiger partial charge in [0.05, 0.1) is 11.4 Å². The van der Waals surface area contributed by atoms with Gasteiger partial charge < -0.3 is 9.80 Å². The van der Waals surface area contributed by atoms with Crippen LogP contribution in [0.15, 0.2) is 58.3 Å². The molecule has 0 bridgehead atoms. The summed E-state index contributed by atoms with van der Waals surface area (Å²) in [6.07, 6.45) is 1.17. The van der Waals surface area contributed by atoms with E-state index in [1.165, 1.54) is 27.6 Å². The molecular formula is C20H27ClN2S. The van der Waals surface area contributed by atoms with Crippen LogP contribution in [0.1, 0.15) is 20.3 Å². The number of hydrogen-bond donors (Lipinski definition) is 0. The van der Waals surface area contributed by atoms with Crippen molar-refractivity contribution in [1.82, 2.24) is 4.90 Å². The second-order valence-electron chi connectivity index (χ2n) is 7.03. The standard InChI is InChI=1S/C20H26N2S.ClH/c1-5-20(2,14-21(3)4)15-22-16-10-6-8-12-18(16)23-19-13-9-7-11-17(19)22;/h6-13H,5,14-15H2,1-4H3;1H. The first-order valence-corrected chi connectivity index (χ1v) is 9.12. The Balaban J connectivity index is 0.00000208. The second-order valence-corrected chi connectivity index (χ2v) is 8.11. The monoisotopic (exact) mass is 362 g/mol. The summed E-state index contributed by atoms with van der Waals surface area (Å²) in [6, 6.07) is 17.5. The van der Waals surface area contributed by atoms with Crippen LogP contribution >= 0.6 is 24.2 Å². The van der Waals surface area contributed by atoms with Gasteiger partial charge in [0.2, 0.25) is 0 Å². The van der Waals surface area contributed by atoms with E-state index >= 15 is 0 Å². The van der Waals surface area contributed by atoms with Crippen LogP contribution in [0, 0.1) is 5.41 Å². The molecule has 0 aliphatic carbocycles. The average Bonchev–Trinajstić information content (AvgIpc) is 2.54. The summed E-state index contributed by atoms with van der Waals surface area (Å²) in [6.45, 7) is 6.84. The van der Waals surface area contributed by atoms with Crippen molar-refractivity contribution in [2.75, 3.05) is 32.1 Å². The maximum atomic E-state index is 2.52. The van der Waals surface area contributed by atoms with Gasteiger partial charge >= 0.3 is 0 Å². The van der Waals surface area contributed by atoms with E-state index in [9.17, 15) is 0 Å². The number of anilines is 2. The maximum absolute atomic E-state index is 2.52. The van der Waals surface area contributed by atoms with Gasteiger partial charge in [-0.05, 0) is 50.2 Å².